The van der Waals surface area contributed by atoms with Crippen LogP contribution in [0.1, 0.15) is 23.6 Å². The summed E-state index contributed by atoms with van der Waals surface area (Å²) in [4.78, 5) is 5.09. The molecule has 15 heavy (non-hydrogen) atoms. The maximum atomic E-state index is 3.46. The SMILES string of the molecule is CC(C)CNCc1ccc(CN(C)C)s1. The van der Waals surface area contributed by atoms with E-state index in [1.807, 2.05) is 11.3 Å². The lowest BCUT2D eigenvalue weighted by Gasteiger charge is -2.07. The molecule has 3 heteroatoms. The van der Waals surface area contributed by atoms with E-state index in [9.17, 15) is 0 Å². The lowest BCUT2D eigenvalue weighted by molar-refractivity contribution is 0.406. The molecule has 0 radical (unpaired) electrons. The summed E-state index contributed by atoms with van der Waals surface area (Å²) in [6.07, 6.45) is 0. The summed E-state index contributed by atoms with van der Waals surface area (Å²) < 4.78 is 0. The molecule has 0 unspecified atom stereocenters. The van der Waals surface area contributed by atoms with Crippen LogP contribution in [-0.2, 0) is 13.1 Å². The number of thiophene rings is 1. The third-order valence-corrected chi connectivity index (χ3v) is 3.11. The molecule has 1 N–H and O–H groups in total. The van der Waals surface area contributed by atoms with E-state index in [1.54, 1.807) is 0 Å². The van der Waals surface area contributed by atoms with Crippen LogP contribution in [0.25, 0.3) is 0 Å². The van der Waals surface area contributed by atoms with E-state index in [1.165, 1.54) is 9.75 Å². The first-order chi connectivity index (χ1) is 7.08. The summed E-state index contributed by atoms with van der Waals surface area (Å²) in [7, 11) is 4.22. The van der Waals surface area contributed by atoms with Crippen molar-refractivity contribution in [1.29, 1.82) is 0 Å². The van der Waals surface area contributed by atoms with Gasteiger partial charge in [-0.05, 0) is 38.7 Å². The van der Waals surface area contributed by atoms with Gasteiger partial charge in [-0.1, -0.05) is 13.8 Å². The smallest absolute Gasteiger partial charge is 0.0321 e. The number of nitrogens with one attached hydrogen (secondary N) is 1. The zero-order valence-electron chi connectivity index (χ0n) is 10.2. The topological polar surface area (TPSA) is 15.3 Å². The first-order valence-electron chi connectivity index (χ1n) is 5.51. The van der Waals surface area contributed by atoms with Crippen LogP contribution in [-0.4, -0.2) is 25.5 Å². The van der Waals surface area contributed by atoms with E-state index in [0.717, 1.165) is 25.6 Å². The molecule has 0 atom stereocenters. The second-order valence-electron chi connectivity index (χ2n) is 4.63. The standard InChI is InChI=1S/C12H22N2S/c1-10(2)7-13-8-11-5-6-12(15-11)9-14(3)4/h5-6,10,13H,7-9H2,1-4H3. The molecule has 0 aromatic carbocycles. The number of hydrogen-bond acceptors (Lipinski definition) is 3. The molecule has 86 valence electrons. The summed E-state index contributed by atoms with van der Waals surface area (Å²) in [5, 5.41) is 3.46. The van der Waals surface area contributed by atoms with E-state index in [0.29, 0.717) is 0 Å². The van der Waals surface area contributed by atoms with Gasteiger partial charge in [0.05, 0.1) is 0 Å². The molecule has 1 aromatic heterocycles. The van der Waals surface area contributed by atoms with Crippen molar-refractivity contribution in [2.45, 2.75) is 26.9 Å². The predicted octanol–water partition coefficient (Wildman–Crippen LogP) is 2.56. The zero-order chi connectivity index (χ0) is 11.3. The van der Waals surface area contributed by atoms with Crippen molar-refractivity contribution in [2.75, 3.05) is 20.6 Å². The summed E-state index contributed by atoms with van der Waals surface area (Å²) in [6, 6.07) is 4.47. The Morgan fingerprint density at radius 1 is 1.27 bits per heavy atom. The van der Waals surface area contributed by atoms with Crippen molar-refractivity contribution in [3.8, 4) is 0 Å². The van der Waals surface area contributed by atoms with Gasteiger partial charge < -0.3 is 10.2 Å². The average molecular weight is 226 g/mol. The van der Waals surface area contributed by atoms with Crippen molar-refractivity contribution in [1.82, 2.24) is 10.2 Å². The van der Waals surface area contributed by atoms with E-state index in [2.05, 4.69) is 50.3 Å². The van der Waals surface area contributed by atoms with Crippen molar-refractivity contribution in [3.05, 3.63) is 21.9 Å². The second kappa shape index (κ2) is 6.26. The van der Waals surface area contributed by atoms with E-state index in [4.69, 9.17) is 0 Å². The Bertz CT molecular complexity index is 279. The largest absolute Gasteiger partial charge is 0.312 e. The van der Waals surface area contributed by atoms with Gasteiger partial charge in [0.2, 0.25) is 0 Å². The van der Waals surface area contributed by atoms with Crippen LogP contribution in [0.5, 0.6) is 0 Å². The van der Waals surface area contributed by atoms with Crippen molar-refractivity contribution in [2.24, 2.45) is 5.92 Å². The first kappa shape index (κ1) is 12.7. The van der Waals surface area contributed by atoms with E-state index < -0.39 is 0 Å². The van der Waals surface area contributed by atoms with E-state index >= 15 is 0 Å². The van der Waals surface area contributed by atoms with Crippen molar-refractivity contribution in [3.63, 3.8) is 0 Å². The Morgan fingerprint density at radius 2 is 1.93 bits per heavy atom. The van der Waals surface area contributed by atoms with Crippen LogP contribution in [0, 0.1) is 5.92 Å². The van der Waals surface area contributed by atoms with Gasteiger partial charge in [0.25, 0.3) is 0 Å². The van der Waals surface area contributed by atoms with Gasteiger partial charge in [-0.2, -0.15) is 0 Å². The molecule has 0 fully saturated rings. The molecular weight excluding hydrogens is 204 g/mol. The molecule has 0 spiro atoms. The maximum Gasteiger partial charge on any atom is 0.0321 e. The first-order valence-corrected chi connectivity index (χ1v) is 6.32. The molecule has 1 heterocycles. The van der Waals surface area contributed by atoms with Gasteiger partial charge in [0, 0.05) is 22.8 Å². The van der Waals surface area contributed by atoms with Gasteiger partial charge >= 0.3 is 0 Å². The molecule has 0 aliphatic rings. The van der Waals surface area contributed by atoms with E-state index in [-0.39, 0.29) is 0 Å². The van der Waals surface area contributed by atoms with Crippen molar-refractivity contribution >= 4 is 11.3 Å². The fourth-order valence-corrected chi connectivity index (χ4v) is 2.50. The van der Waals surface area contributed by atoms with Gasteiger partial charge in [-0.15, -0.1) is 11.3 Å². The van der Waals surface area contributed by atoms with Crippen LogP contribution in [0.2, 0.25) is 0 Å². The second-order valence-corrected chi connectivity index (χ2v) is 5.88. The molecule has 0 bridgehead atoms. The van der Waals surface area contributed by atoms with Crippen molar-refractivity contribution < 1.29 is 0 Å². The molecule has 1 aromatic rings. The highest BCUT2D eigenvalue weighted by molar-refractivity contribution is 7.11. The summed E-state index contributed by atoms with van der Waals surface area (Å²) in [5.41, 5.74) is 0. The van der Waals surface area contributed by atoms with Gasteiger partial charge in [-0.3, -0.25) is 0 Å². The van der Waals surface area contributed by atoms with Gasteiger partial charge in [0.1, 0.15) is 0 Å². The predicted molar refractivity (Wildman–Crippen MR) is 68.3 cm³/mol. The highest BCUT2D eigenvalue weighted by atomic mass is 32.1. The fourth-order valence-electron chi connectivity index (χ4n) is 1.40. The van der Waals surface area contributed by atoms with Gasteiger partial charge in [-0.25, -0.2) is 0 Å². The minimum Gasteiger partial charge on any atom is -0.312 e. The quantitative estimate of drug-likeness (QED) is 0.802. The zero-order valence-corrected chi connectivity index (χ0v) is 11.0. The number of rotatable bonds is 6. The van der Waals surface area contributed by atoms with Crippen LogP contribution in [0.15, 0.2) is 12.1 Å². The monoisotopic (exact) mass is 226 g/mol. The minimum absolute atomic E-state index is 0.728. The third kappa shape index (κ3) is 5.30. The molecule has 0 amide bonds. The lowest BCUT2D eigenvalue weighted by Crippen LogP contribution is -2.18. The molecule has 2 nitrogen and oxygen atoms in total. The lowest BCUT2D eigenvalue weighted by atomic mass is 10.2. The summed E-state index contributed by atoms with van der Waals surface area (Å²) >= 11 is 1.91. The third-order valence-electron chi connectivity index (χ3n) is 2.04. The molecule has 1 rings (SSSR count). The number of hydrogen-bond donors (Lipinski definition) is 1. The summed E-state index contributed by atoms with van der Waals surface area (Å²) in [5.74, 6) is 0.728. The van der Waals surface area contributed by atoms with Crippen LogP contribution < -0.4 is 5.32 Å². The highest BCUT2D eigenvalue weighted by Gasteiger charge is 2.01. The highest BCUT2D eigenvalue weighted by Crippen LogP contribution is 2.17. The normalized spacial score (nSPS) is 11.6. The molecule has 0 aliphatic heterocycles. The average Bonchev–Trinajstić information content (AvgIpc) is 2.50. The Morgan fingerprint density at radius 3 is 2.53 bits per heavy atom. The van der Waals surface area contributed by atoms with Crippen LogP contribution in [0.4, 0.5) is 0 Å². The fraction of sp³-hybridized carbons (Fsp3) is 0.667. The Kier molecular flexibility index (Phi) is 5.29. The van der Waals surface area contributed by atoms with Gasteiger partial charge in [0.15, 0.2) is 0 Å². The molecule has 0 saturated carbocycles. The maximum absolute atomic E-state index is 3.46. The molecule has 0 aliphatic carbocycles. The Labute approximate surface area is 97.3 Å². The molecular formula is C12H22N2S. The number of nitrogens with zero attached hydrogens (tertiary/aromatic N) is 1. The summed E-state index contributed by atoms with van der Waals surface area (Å²) in [6.45, 7) is 7.63. The Balaban J connectivity index is 2.33. The molecule has 0 saturated heterocycles. The van der Waals surface area contributed by atoms with Crippen LogP contribution in [0.3, 0.4) is 0 Å². The minimum atomic E-state index is 0.728. The Hall–Kier alpha value is -0.380. The van der Waals surface area contributed by atoms with Crippen LogP contribution >= 0.6 is 11.3 Å².